The third-order valence-corrected chi connectivity index (χ3v) is 5.64. The van der Waals surface area contributed by atoms with E-state index in [0.29, 0.717) is 12.6 Å². The van der Waals surface area contributed by atoms with Gasteiger partial charge in [-0.25, -0.2) is 4.68 Å². The van der Waals surface area contributed by atoms with Crippen molar-refractivity contribution in [2.24, 2.45) is 0 Å². The third kappa shape index (κ3) is 3.33. The van der Waals surface area contributed by atoms with Crippen molar-refractivity contribution in [2.45, 2.75) is 45.3 Å². The molecule has 1 unspecified atom stereocenters. The first-order valence-corrected chi connectivity index (χ1v) is 9.37. The zero-order valence-electron chi connectivity index (χ0n) is 14.9. The Morgan fingerprint density at radius 1 is 1.20 bits per heavy atom. The van der Waals surface area contributed by atoms with E-state index >= 15 is 0 Å². The van der Waals surface area contributed by atoms with Crippen molar-refractivity contribution in [2.75, 3.05) is 24.5 Å². The summed E-state index contributed by atoms with van der Waals surface area (Å²) < 4.78 is 1.64. The van der Waals surface area contributed by atoms with Crippen LogP contribution in [-0.4, -0.2) is 40.4 Å². The molecular weight excluding hydrogens is 312 g/mol. The Morgan fingerprint density at radius 3 is 2.84 bits per heavy atom. The lowest BCUT2D eigenvalue weighted by Crippen LogP contribution is -2.37. The third-order valence-electron chi connectivity index (χ3n) is 5.64. The van der Waals surface area contributed by atoms with Gasteiger partial charge in [0.25, 0.3) is 5.56 Å². The second-order valence-electron chi connectivity index (χ2n) is 7.10. The molecule has 132 valence electrons. The summed E-state index contributed by atoms with van der Waals surface area (Å²) in [5, 5.41) is 4.48. The van der Waals surface area contributed by atoms with Crippen LogP contribution in [0.15, 0.2) is 41.3 Å². The number of likely N-dealkylation sites (tertiary alicyclic amines) is 1. The molecule has 2 aliphatic rings. The molecule has 0 spiro atoms. The van der Waals surface area contributed by atoms with Crippen LogP contribution in [0.1, 0.15) is 30.9 Å². The number of nitrogens with zero attached hydrogens (tertiary/aromatic N) is 4. The summed E-state index contributed by atoms with van der Waals surface area (Å²) in [7, 11) is 0. The SMILES string of the molecule is CCN1CCCC1Cn1ncc(N2CCc3ccccc3C2)cc1=O. The number of fused-ring (bicyclic) bond motifs is 1. The Bertz CT molecular complexity index is 800. The molecule has 4 rings (SSSR count). The van der Waals surface area contributed by atoms with Crippen molar-refractivity contribution in [3.63, 3.8) is 0 Å². The standard InChI is InChI=1S/C20H26N4O/c1-2-22-10-5-8-18(22)15-24-20(25)12-19(13-21-24)23-11-9-16-6-3-4-7-17(16)14-23/h3-4,6-7,12-13,18H,2,5,8-11,14-15H2,1H3. The number of aromatic nitrogens is 2. The number of likely N-dealkylation sites (N-methyl/N-ethyl adjacent to an activating group) is 1. The van der Waals surface area contributed by atoms with Gasteiger partial charge in [0.2, 0.25) is 0 Å². The molecule has 25 heavy (non-hydrogen) atoms. The van der Waals surface area contributed by atoms with E-state index in [1.165, 1.54) is 17.5 Å². The fourth-order valence-corrected chi connectivity index (χ4v) is 4.17. The predicted octanol–water partition coefficient (Wildman–Crippen LogP) is 2.29. The van der Waals surface area contributed by atoms with E-state index < -0.39 is 0 Å². The number of hydrogen-bond acceptors (Lipinski definition) is 4. The van der Waals surface area contributed by atoms with Crippen LogP contribution in [-0.2, 0) is 19.5 Å². The number of hydrogen-bond donors (Lipinski definition) is 0. The van der Waals surface area contributed by atoms with Crippen LogP contribution < -0.4 is 10.5 Å². The fourth-order valence-electron chi connectivity index (χ4n) is 4.17. The highest BCUT2D eigenvalue weighted by atomic mass is 16.1. The van der Waals surface area contributed by atoms with Crippen molar-refractivity contribution in [1.82, 2.24) is 14.7 Å². The van der Waals surface area contributed by atoms with Crippen LogP contribution in [0, 0.1) is 0 Å². The van der Waals surface area contributed by atoms with Gasteiger partial charge in [0.1, 0.15) is 0 Å². The van der Waals surface area contributed by atoms with E-state index in [0.717, 1.165) is 44.7 Å². The second-order valence-corrected chi connectivity index (χ2v) is 7.10. The molecule has 1 aromatic heterocycles. The molecule has 0 amide bonds. The van der Waals surface area contributed by atoms with Crippen LogP contribution in [0.25, 0.3) is 0 Å². The summed E-state index contributed by atoms with van der Waals surface area (Å²) in [5.41, 5.74) is 3.72. The fraction of sp³-hybridized carbons (Fsp3) is 0.500. The van der Waals surface area contributed by atoms with Crippen molar-refractivity contribution < 1.29 is 0 Å². The lowest BCUT2D eigenvalue weighted by Gasteiger charge is -2.30. The molecule has 2 aliphatic heterocycles. The average molecular weight is 338 g/mol. The molecule has 1 fully saturated rings. The quantitative estimate of drug-likeness (QED) is 0.858. The minimum absolute atomic E-state index is 0.0133. The largest absolute Gasteiger partial charge is 0.365 e. The van der Waals surface area contributed by atoms with Gasteiger partial charge in [0, 0.05) is 25.2 Å². The van der Waals surface area contributed by atoms with Gasteiger partial charge in [0.05, 0.1) is 18.4 Å². The minimum Gasteiger partial charge on any atom is -0.365 e. The van der Waals surface area contributed by atoms with Crippen LogP contribution in [0.5, 0.6) is 0 Å². The van der Waals surface area contributed by atoms with Gasteiger partial charge in [-0.3, -0.25) is 9.69 Å². The highest BCUT2D eigenvalue weighted by Gasteiger charge is 2.24. The monoisotopic (exact) mass is 338 g/mol. The van der Waals surface area contributed by atoms with E-state index in [-0.39, 0.29) is 5.56 Å². The number of anilines is 1. The zero-order chi connectivity index (χ0) is 17.2. The molecule has 0 N–H and O–H groups in total. The van der Waals surface area contributed by atoms with Gasteiger partial charge in [-0.2, -0.15) is 5.10 Å². The molecule has 0 radical (unpaired) electrons. The maximum atomic E-state index is 12.6. The minimum atomic E-state index is 0.0133. The van der Waals surface area contributed by atoms with Crippen molar-refractivity contribution in [1.29, 1.82) is 0 Å². The average Bonchev–Trinajstić information content (AvgIpc) is 3.10. The second kappa shape index (κ2) is 7.00. The number of benzene rings is 1. The van der Waals surface area contributed by atoms with Crippen molar-refractivity contribution >= 4 is 5.69 Å². The van der Waals surface area contributed by atoms with E-state index in [2.05, 4.69) is 46.1 Å². The highest BCUT2D eigenvalue weighted by molar-refractivity contribution is 5.47. The normalized spacial score (nSPS) is 20.7. The highest BCUT2D eigenvalue weighted by Crippen LogP contribution is 2.23. The number of rotatable bonds is 4. The molecule has 3 heterocycles. The Kier molecular flexibility index (Phi) is 4.57. The summed E-state index contributed by atoms with van der Waals surface area (Å²) in [4.78, 5) is 17.3. The maximum absolute atomic E-state index is 12.6. The van der Waals surface area contributed by atoms with E-state index in [1.54, 1.807) is 10.7 Å². The summed E-state index contributed by atoms with van der Waals surface area (Å²) in [5.74, 6) is 0. The molecule has 2 aromatic rings. The maximum Gasteiger partial charge on any atom is 0.268 e. The van der Waals surface area contributed by atoms with Gasteiger partial charge in [0.15, 0.2) is 0 Å². The molecule has 0 saturated carbocycles. The first-order valence-electron chi connectivity index (χ1n) is 9.37. The first kappa shape index (κ1) is 16.3. The molecule has 5 heteroatoms. The Labute approximate surface area is 148 Å². The summed E-state index contributed by atoms with van der Waals surface area (Å²) in [6.07, 6.45) is 5.26. The van der Waals surface area contributed by atoms with Gasteiger partial charge in [-0.15, -0.1) is 0 Å². The summed E-state index contributed by atoms with van der Waals surface area (Å²) in [6.45, 7) is 6.87. The van der Waals surface area contributed by atoms with Crippen LogP contribution >= 0.6 is 0 Å². The predicted molar refractivity (Wildman–Crippen MR) is 100.0 cm³/mol. The Morgan fingerprint density at radius 2 is 2.04 bits per heavy atom. The zero-order valence-corrected chi connectivity index (χ0v) is 14.9. The van der Waals surface area contributed by atoms with Crippen LogP contribution in [0.3, 0.4) is 0 Å². The van der Waals surface area contributed by atoms with E-state index in [1.807, 2.05) is 6.20 Å². The van der Waals surface area contributed by atoms with Gasteiger partial charge >= 0.3 is 0 Å². The smallest absolute Gasteiger partial charge is 0.268 e. The van der Waals surface area contributed by atoms with Crippen LogP contribution in [0.4, 0.5) is 5.69 Å². The summed E-state index contributed by atoms with van der Waals surface area (Å²) >= 11 is 0. The Hall–Kier alpha value is -2.14. The first-order chi connectivity index (χ1) is 12.2. The molecular formula is C20H26N4O. The van der Waals surface area contributed by atoms with Gasteiger partial charge < -0.3 is 4.90 Å². The van der Waals surface area contributed by atoms with Crippen LogP contribution in [0.2, 0.25) is 0 Å². The molecule has 0 bridgehead atoms. The Balaban J connectivity index is 1.50. The summed E-state index contributed by atoms with van der Waals surface area (Å²) in [6, 6.07) is 10.8. The van der Waals surface area contributed by atoms with Crippen molar-refractivity contribution in [3.8, 4) is 0 Å². The van der Waals surface area contributed by atoms with Crippen molar-refractivity contribution in [3.05, 3.63) is 58.0 Å². The van der Waals surface area contributed by atoms with E-state index in [9.17, 15) is 4.79 Å². The van der Waals surface area contributed by atoms with E-state index in [4.69, 9.17) is 0 Å². The van der Waals surface area contributed by atoms with Gasteiger partial charge in [-0.05, 0) is 43.5 Å². The molecule has 1 saturated heterocycles. The lowest BCUT2D eigenvalue weighted by molar-refractivity contribution is 0.235. The molecule has 5 nitrogen and oxygen atoms in total. The lowest BCUT2D eigenvalue weighted by atomic mass is 10.00. The molecule has 1 atom stereocenters. The topological polar surface area (TPSA) is 41.4 Å². The molecule has 0 aliphatic carbocycles. The van der Waals surface area contributed by atoms with Gasteiger partial charge in [-0.1, -0.05) is 31.2 Å². The molecule has 1 aromatic carbocycles.